The summed E-state index contributed by atoms with van der Waals surface area (Å²) >= 11 is 7.76. The number of rotatable bonds is 4. The molecule has 0 spiro atoms. The highest BCUT2D eigenvalue weighted by Gasteiger charge is 2.33. The maximum atomic E-state index is 12.0. The number of thioether (sulfide) groups is 1. The third-order valence-electron chi connectivity index (χ3n) is 3.20. The molecule has 1 aromatic rings. The molecule has 6 heteroatoms. The topological polar surface area (TPSA) is 40.6 Å². The summed E-state index contributed by atoms with van der Waals surface area (Å²) in [4.78, 5) is 26.9. The van der Waals surface area contributed by atoms with Crippen LogP contribution in [-0.4, -0.2) is 48.0 Å². The second-order valence-corrected chi connectivity index (χ2v) is 6.29. The van der Waals surface area contributed by atoms with Gasteiger partial charge in [0.2, 0.25) is 11.8 Å². The molecule has 0 radical (unpaired) electrons. The lowest BCUT2D eigenvalue weighted by Crippen LogP contribution is -2.33. The standard InChI is InChI=1S/C14H17ClN2O2S/c1-16(2)12(18)7-8-17-13(19)9-20-14(17)10-5-3-4-6-11(10)15/h3-6,14H,7-9H2,1-2H3/t14-/m1/s1. The predicted octanol–water partition coefficient (Wildman–Crippen LogP) is 2.39. The molecule has 0 N–H and O–H groups in total. The minimum absolute atomic E-state index is 0.0209. The molecule has 1 aliphatic rings. The van der Waals surface area contributed by atoms with Gasteiger partial charge in [0.05, 0.1) is 5.75 Å². The van der Waals surface area contributed by atoms with Crippen LogP contribution in [0.1, 0.15) is 17.4 Å². The van der Waals surface area contributed by atoms with Crippen LogP contribution in [0.3, 0.4) is 0 Å². The van der Waals surface area contributed by atoms with Crippen LogP contribution in [0.4, 0.5) is 0 Å². The molecule has 0 saturated carbocycles. The number of halogens is 1. The van der Waals surface area contributed by atoms with Gasteiger partial charge in [0.1, 0.15) is 5.37 Å². The maximum absolute atomic E-state index is 12.0. The lowest BCUT2D eigenvalue weighted by atomic mass is 10.2. The number of hydrogen-bond donors (Lipinski definition) is 0. The average Bonchev–Trinajstić information content (AvgIpc) is 2.77. The molecular formula is C14H17ClN2O2S. The van der Waals surface area contributed by atoms with Gasteiger partial charge in [-0.05, 0) is 6.07 Å². The van der Waals surface area contributed by atoms with Gasteiger partial charge < -0.3 is 9.80 Å². The Kier molecular flexibility index (Phi) is 4.94. The summed E-state index contributed by atoms with van der Waals surface area (Å²) in [6.07, 6.45) is 0.334. The van der Waals surface area contributed by atoms with E-state index in [9.17, 15) is 9.59 Å². The van der Waals surface area contributed by atoms with Crippen LogP contribution in [0.25, 0.3) is 0 Å². The first-order valence-electron chi connectivity index (χ1n) is 6.36. The Balaban J connectivity index is 2.11. The normalized spacial score (nSPS) is 18.4. The number of carbonyl (C=O) groups is 2. The molecule has 1 fully saturated rings. The fourth-order valence-corrected chi connectivity index (χ4v) is 3.63. The van der Waals surface area contributed by atoms with E-state index in [0.29, 0.717) is 23.7 Å². The first kappa shape index (κ1) is 15.2. The van der Waals surface area contributed by atoms with Crippen LogP contribution in [-0.2, 0) is 9.59 Å². The van der Waals surface area contributed by atoms with E-state index in [1.807, 2.05) is 24.3 Å². The third kappa shape index (κ3) is 3.27. The quantitative estimate of drug-likeness (QED) is 0.857. The van der Waals surface area contributed by atoms with Crippen molar-refractivity contribution in [3.05, 3.63) is 34.9 Å². The SMILES string of the molecule is CN(C)C(=O)CCN1C(=O)CS[C@@H]1c1ccccc1Cl. The molecule has 1 heterocycles. The third-order valence-corrected chi connectivity index (χ3v) is 4.79. The molecule has 2 amide bonds. The summed E-state index contributed by atoms with van der Waals surface area (Å²) < 4.78 is 0. The maximum Gasteiger partial charge on any atom is 0.233 e. The van der Waals surface area contributed by atoms with Gasteiger partial charge >= 0.3 is 0 Å². The van der Waals surface area contributed by atoms with E-state index >= 15 is 0 Å². The lowest BCUT2D eigenvalue weighted by molar-refractivity contribution is -0.131. The van der Waals surface area contributed by atoms with Crippen molar-refractivity contribution in [1.29, 1.82) is 0 Å². The molecule has 0 unspecified atom stereocenters. The Bertz CT molecular complexity index is 522. The van der Waals surface area contributed by atoms with E-state index in [-0.39, 0.29) is 17.2 Å². The number of benzene rings is 1. The molecule has 20 heavy (non-hydrogen) atoms. The highest BCUT2D eigenvalue weighted by atomic mass is 35.5. The smallest absolute Gasteiger partial charge is 0.233 e. The molecule has 1 atom stereocenters. The van der Waals surface area contributed by atoms with E-state index in [2.05, 4.69) is 0 Å². The Hall–Kier alpha value is -1.20. The van der Waals surface area contributed by atoms with E-state index in [1.165, 1.54) is 4.90 Å². The summed E-state index contributed by atoms with van der Waals surface area (Å²) in [5.41, 5.74) is 0.933. The van der Waals surface area contributed by atoms with Crippen molar-refractivity contribution >= 4 is 35.2 Å². The number of amides is 2. The molecular weight excluding hydrogens is 296 g/mol. The average molecular weight is 313 g/mol. The van der Waals surface area contributed by atoms with E-state index in [4.69, 9.17) is 11.6 Å². The summed E-state index contributed by atoms with van der Waals surface area (Å²) in [6, 6.07) is 7.53. The Labute approximate surface area is 128 Å². The van der Waals surface area contributed by atoms with Crippen molar-refractivity contribution in [2.75, 3.05) is 26.4 Å². The zero-order valence-electron chi connectivity index (χ0n) is 11.5. The van der Waals surface area contributed by atoms with E-state index in [0.717, 1.165) is 5.56 Å². The second kappa shape index (κ2) is 6.50. The van der Waals surface area contributed by atoms with Crippen molar-refractivity contribution in [3.8, 4) is 0 Å². The van der Waals surface area contributed by atoms with Gasteiger partial charge in [-0.1, -0.05) is 29.8 Å². The van der Waals surface area contributed by atoms with E-state index in [1.54, 1.807) is 30.8 Å². The van der Waals surface area contributed by atoms with Crippen molar-refractivity contribution in [2.24, 2.45) is 0 Å². The first-order valence-corrected chi connectivity index (χ1v) is 7.79. The van der Waals surface area contributed by atoms with Gasteiger partial charge in [-0.3, -0.25) is 9.59 Å². The Morgan fingerprint density at radius 2 is 2.15 bits per heavy atom. The van der Waals surface area contributed by atoms with Gasteiger partial charge in [0.25, 0.3) is 0 Å². The van der Waals surface area contributed by atoms with E-state index < -0.39 is 0 Å². The zero-order chi connectivity index (χ0) is 14.7. The molecule has 0 aromatic heterocycles. The Morgan fingerprint density at radius 3 is 2.80 bits per heavy atom. The minimum Gasteiger partial charge on any atom is -0.349 e. The first-order chi connectivity index (χ1) is 9.50. The van der Waals surface area contributed by atoms with Crippen molar-refractivity contribution < 1.29 is 9.59 Å². The lowest BCUT2D eigenvalue weighted by Gasteiger charge is -2.25. The van der Waals surface area contributed by atoms with Crippen LogP contribution in [0.5, 0.6) is 0 Å². The van der Waals surface area contributed by atoms with Gasteiger partial charge in [-0.15, -0.1) is 11.8 Å². The molecule has 0 aliphatic carbocycles. The van der Waals surface area contributed by atoms with Crippen LogP contribution in [0, 0.1) is 0 Å². The van der Waals surface area contributed by atoms with Crippen LogP contribution in [0.2, 0.25) is 5.02 Å². The minimum atomic E-state index is -0.0915. The number of carbonyl (C=O) groups excluding carboxylic acids is 2. The van der Waals surface area contributed by atoms with Gasteiger partial charge in [0.15, 0.2) is 0 Å². The molecule has 1 aromatic carbocycles. The van der Waals surface area contributed by atoms with Gasteiger partial charge in [-0.25, -0.2) is 0 Å². The summed E-state index contributed by atoms with van der Waals surface area (Å²) in [5, 5.41) is 0.565. The summed E-state index contributed by atoms with van der Waals surface area (Å²) in [5.74, 6) is 0.519. The monoisotopic (exact) mass is 312 g/mol. The predicted molar refractivity (Wildman–Crippen MR) is 81.7 cm³/mol. The van der Waals surface area contributed by atoms with Crippen LogP contribution < -0.4 is 0 Å². The summed E-state index contributed by atoms with van der Waals surface area (Å²) in [7, 11) is 3.43. The van der Waals surface area contributed by atoms with Gasteiger partial charge in [-0.2, -0.15) is 0 Å². The molecule has 1 aliphatic heterocycles. The zero-order valence-corrected chi connectivity index (χ0v) is 13.1. The fourth-order valence-electron chi connectivity index (χ4n) is 2.07. The Morgan fingerprint density at radius 1 is 1.45 bits per heavy atom. The van der Waals surface area contributed by atoms with Crippen LogP contribution in [0.15, 0.2) is 24.3 Å². The van der Waals surface area contributed by atoms with Crippen molar-refractivity contribution in [1.82, 2.24) is 9.80 Å². The molecule has 108 valence electrons. The van der Waals surface area contributed by atoms with Crippen molar-refractivity contribution in [3.63, 3.8) is 0 Å². The second-order valence-electron chi connectivity index (χ2n) is 4.81. The summed E-state index contributed by atoms with van der Waals surface area (Å²) in [6.45, 7) is 0.429. The highest BCUT2D eigenvalue weighted by Crippen LogP contribution is 2.41. The molecule has 2 rings (SSSR count). The number of hydrogen-bond acceptors (Lipinski definition) is 3. The number of nitrogens with zero attached hydrogens (tertiary/aromatic N) is 2. The largest absolute Gasteiger partial charge is 0.349 e. The molecule has 0 bridgehead atoms. The van der Waals surface area contributed by atoms with Crippen molar-refractivity contribution in [2.45, 2.75) is 11.8 Å². The van der Waals surface area contributed by atoms with Crippen LogP contribution >= 0.6 is 23.4 Å². The highest BCUT2D eigenvalue weighted by molar-refractivity contribution is 8.00. The fraction of sp³-hybridized carbons (Fsp3) is 0.429. The van der Waals surface area contributed by atoms with Gasteiger partial charge in [0, 0.05) is 37.6 Å². The molecule has 1 saturated heterocycles. The molecule has 4 nitrogen and oxygen atoms in total.